The van der Waals surface area contributed by atoms with Crippen molar-refractivity contribution in [2.24, 2.45) is 23.7 Å². The molecule has 104 heavy (non-hydrogen) atoms. The summed E-state index contributed by atoms with van der Waals surface area (Å²) in [5.74, 6) is 1.06. The Labute approximate surface area is 638 Å². The van der Waals surface area contributed by atoms with E-state index in [4.69, 9.17) is 37.0 Å². The van der Waals surface area contributed by atoms with Crippen LogP contribution in [-0.4, -0.2) is 96.7 Å². The monoisotopic (exact) mass is 1520 g/mol. The van der Waals surface area contributed by atoms with Gasteiger partial charge in [-0.3, -0.25) is 37.3 Å². The van der Waals surface area contributed by atoms with Crippen LogP contribution in [0.4, 0.5) is 0 Å². The Balaban J connectivity index is 5.19. The van der Waals surface area contributed by atoms with Crippen molar-refractivity contribution in [3.05, 3.63) is 0 Å². The lowest BCUT2D eigenvalue weighted by Crippen LogP contribution is -2.30. The highest BCUT2D eigenvalue weighted by molar-refractivity contribution is 7.47. The number of hydrogen-bond donors (Lipinski definition) is 3. The summed E-state index contributed by atoms with van der Waals surface area (Å²) in [5, 5.41) is 10.7. The van der Waals surface area contributed by atoms with Crippen LogP contribution in [-0.2, 0) is 65.4 Å². The number of hydrogen-bond acceptors (Lipinski definition) is 15. The number of carbonyl (C=O) groups excluding carboxylic acids is 4. The number of aliphatic hydroxyl groups excluding tert-OH is 1. The van der Waals surface area contributed by atoms with Gasteiger partial charge in [-0.05, 0) is 49.4 Å². The zero-order valence-electron chi connectivity index (χ0n) is 68.7. The minimum Gasteiger partial charge on any atom is -0.462 e. The van der Waals surface area contributed by atoms with Gasteiger partial charge in [0, 0.05) is 25.7 Å². The van der Waals surface area contributed by atoms with E-state index in [9.17, 15) is 43.2 Å². The first kappa shape index (κ1) is 102. The Morgan fingerprint density at radius 2 is 0.462 bits per heavy atom. The van der Waals surface area contributed by atoms with E-state index in [1.165, 1.54) is 238 Å². The fourth-order valence-corrected chi connectivity index (χ4v) is 14.7. The van der Waals surface area contributed by atoms with Gasteiger partial charge in [0.15, 0.2) is 12.2 Å². The molecule has 19 heteroatoms. The molecule has 0 radical (unpaired) electrons. The first-order chi connectivity index (χ1) is 50.2. The molecule has 0 fully saturated rings. The molecule has 0 saturated heterocycles. The third kappa shape index (κ3) is 75.5. The van der Waals surface area contributed by atoms with E-state index in [1.807, 2.05) is 0 Å². The van der Waals surface area contributed by atoms with Gasteiger partial charge in [-0.25, -0.2) is 9.13 Å². The number of phosphoric acid groups is 2. The maximum Gasteiger partial charge on any atom is 0.472 e. The highest BCUT2D eigenvalue weighted by atomic mass is 31.2. The molecule has 0 aliphatic rings. The zero-order chi connectivity index (χ0) is 76.7. The molecular weight excluding hydrogens is 1350 g/mol. The van der Waals surface area contributed by atoms with E-state index in [0.717, 1.165) is 120 Å². The predicted octanol–water partition coefficient (Wildman–Crippen LogP) is 25.6. The first-order valence-electron chi connectivity index (χ1n) is 43.8. The summed E-state index contributed by atoms with van der Waals surface area (Å²) in [6.07, 6.45) is 62.5. The van der Waals surface area contributed by atoms with Crippen molar-refractivity contribution in [2.75, 3.05) is 39.6 Å². The average molecular weight is 1520 g/mol. The van der Waals surface area contributed by atoms with Gasteiger partial charge in [-0.2, -0.15) is 0 Å². The van der Waals surface area contributed by atoms with Gasteiger partial charge in [0.2, 0.25) is 0 Å². The van der Waals surface area contributed by atoms with Crippen molar-refractivity contribution in [1.82, 2.24) is 0 Å². The second-order valence-electron chi connectivity index (χ2n) is 32.0. The molecule has 0 aromatic rings. The van der Waals surface area contributed by atoms with Crippen molar-refractivity contribution in [1.29, 1.82) is 0 Å². The van der Waals surface area contributed by atoms with Crippen LogP contribution in [0.1, 0.15) is 441 Å². The molecule has 618 valence electrons. The van der Waals surface area contributed by atoms with Crippen LogP contribution < -0.4 is 0 Å². The van der Waals surface area contributed by atoms with Crippen molar-refractivity contribution >= 4 is 39.5 Å². The molecule has 4 unspecified atom stereocenters. The van der Waals surface area contributed by atoms with Gasteiger partial charge >= 0.3 is 39.5 Å². The Bertz CT molecular complexity index is 2030. The minimum atomic E-state index is -4.96. The largest absolute Gasteiger partial charge is 0.472 e. The Morgan fingerprint density at radius 3 is 0.683 bits per heavy atom. The van der Waals surface area contributed by atoms with E-state index >= 15 is 0 Å². The van der Waals surface area contributed by atoms with Gasteiger partial charge in [0.1, 0.15) is 19.3 Å². The maximum atomic E-state index is 13.1. The third-order valence-electron chi connectivity index (χ3n) is 20.5. The summed E-state index contributed by atoms with van der Waals surface area (Å²) in [4.78, 5) is 73.1. The third-order valence-corrected chi connectivity index (χ3v) is 22.4. The number of ether oxygens (including phenoxy) is 4. The molecule has 3 N–H and O–H groups in total. The molecule has 0 heterocycles. The topological polar surface area (TPSA) is 237 Å². The van der Waals surface area contributed by atoms with Crippen molar-refractivity contribution in [2.45, 2.75) is 459 Å². The summed E-state index contributed by atoms with van der Waals surface area (Å²) in [6, 6.07) is 0. The molecule has 0 bridgehead atoms. The van der Waals surface area contributed by atoms with Gasteiger partial charge in [-0.1, -0.05) is 389 Å². The first-order valence-corrected chi connectivity index (χ1v) is 46.8. The predicted molar refractivity (Wildman–Crippen MR) is 428 cm³/mol. The smallest absolute Gasteiger partial charge is 0.462 e. The number of phosphoric ester groups is 2. The van der Waals surface area contributed by atoms with Crippen LogP contribution in [0.15, 0.2) is 0 Å². The van der Waals surface area contributed by atoms with E-state index in [1.54, 1.807) is 0 Å². The van der Waals surface area contributed by atoms with Crippen LogP contribution in [0, 0.1) is 23.7 Å². The zero-order valence-corrected chi connectivity index (χ0v) is 70.5. The summed E-state index contributed by atoms with van der Waals surface area (Å²) < 4.78 is 68.8. The molecule has 0 aliphatic heterocycles. The molecule has 0 spiro atoms. The SMILES string of the molecule is CCC(C)CCCCCCCCCCCCCCCCCCCCC(=O)OC[C@H](COP(=O)(O)OC[C@@H](O)COP(=O)(O)OC[C@@H](COC(=O)CCCCCCCCC(C)CC)OC(=O)CCCCCCCCCCCCCCCCCC(C)C)OC(=O)CCCCCCCCCCCCCC(C)C. The van der Waals surface area contributed by atoms with E-state index in [-0.39, 0.29) is 25.7 Å². The van der Waals surface area contributed by atoms with E-state index in [2.05, 4.69) is 55.4 Å². The van der Waals surface area contributed by atoms with Gasteiger partial charge in [0.05, 0.1) is 26.4 Å². The number of unbranched alkanes of at least 4 members (excludes halogenated alkanes) is 46. The minimum absolute atomic E-state index is 0.107. The molecule has 0 amide bonds. The van der Waals surface area contributed by atoms with E-state index in [0.29, 0.717) is 25.7 Å². The highest BCUT2D eigenvalue weighted by Gasteiger charge is 2.30. The number of rotatable bonds is 82. The molecule has 0 saturated carbocycles. The second-order valence-corrected chi connectivity index (χ2v) is 34.9. The molecular formula is C85H166O17P2. The molecule has 0 aliphatic carbocycles. The van der Waals surface area contributed by atoms with Crippen molar-refractivity contribution in [3.8, 4) is 0 Å². The van der Waals surface area contributed by atoms with E-state index < -0.39 is 97.5 Å². The van der Waals surface area contributed by atoms with Gasteiger partial charge in [0.25, 0.3) is 0 Å². The number of esters is 4. The summed E-state index contributed by atoms with van der Waals surface area (Å²) in [5.41, 5.74) is 0. The second kappa shape index (κ2) is 73.8. The van der Waals surface area contributed by atoms with Crippen molar-refractivity contribution in [3.63, 3.8) is 0 Å². The standard InChI is InChI=1S/C85H166O17P2/c1-9-77(7)63-55-47-39-33-27-21-17-13-11-12-14-18-22-28-34-40-49-57-65-82(87)95-71-80(101-85(90)68-60-52-42-36-30-24-26-32-38-46-54-62-76(5)6)73-99-103(91,92)97-69-79(86)70-98-104(93,94)100-74-81(72-96-83(88)66-58-50-44-43-48-56-64-78(8)10-2)102-84(89)67-59-51-41-35-29-23-19-15-16-20-25-31-37-45-53-61-75(3)4/h75-81,86H,9-74H2,1-8H3,(H,91,92)(H,93,94)/t77?,78?,79-,80-,81-/m1/s1. The lowest BCUT2D eigenvalue weighted by molar-refractivity contribution is -0.161. The number of carbonyl (C=O) groups is 4. The van der Waals surface area contributed by atoms with Gasteiger partial charge in [-0.15, -0.1) is 0 Å². The lowest BCUT2D eigenvalue weighted by Gasteiger charge is -2.21. The summed E-state index contributed by atoms with van der Waals surface area (Å²) in [6.45, 7) is 14.3. The Hall–Kier alpha value is -1.94. The fraction of sp³-hybridized carbons (Fsp3) is 0.953. The Morgan fingerprint density at radius 1 is 0.269 bits per heavy atom. The molecule has 17 nitrogen and oxygen atoms in total. The maximum absolute atomic E-state index is 13.1. The Kier molecular flexibility index (Phi) is 72.5. The molecule has 0 aromatic heterocycles. The van der Waals surface area contributed by atoms with Crippen LogP contribution in [0.2, 0.25) is 0 Å². The quantitative estimate of drug-likeness (QED) is 0.0222. The highest BCUT2D eigenvalue weighted by Crippen LogP contribution is 2.45. The van der Waals surface area contributed by atoms with Crippen LogP contribution in [0.3, 0.4) is 0 Å². The summed E-state index contributed by atoms with van der Waals surface area (Å²) >= 11 is 0. The number of aliphatic hydroxyl groups is 1. The molecule has 7 atom stereocenters. The fourth-order valence-electron chi connectivity index (χ4n) is 13.1. The van der Waals surface area contributed by atoms with Crippen LogP contribution >= 0.6 is 15.6 Å². The summed E-state index contributed by atoms with van der Waals surface area (Å²) in [7, 11) is -9.93. The average Bonchev–Trinajstić information content (AvgIpc) is 0.902. The van der Waals surface area contributed by atoms with Crippen LogP contribution in [0.25, 0.3) is 0 Å². The lowest BCUT2D eigenvalue weighted by atomic mass is 9.99. The van der Waals surface area contributed by atoms with Gasteiger partial charge < -0.3 is 33.8 Å². The molecule has 0 aromatic carbocycles. The molecule has 0 rings (SSSR count). The van der Waals surface area contributed by atoms with Crippen LogP contribution in [0.5, 0.6) is 0 Å². The normalized spacial score (nSPS) is 14.5. The van der Waals surface area contributed by atoms with Crippen molar-refractivity contribution < 1.29 is 80.2 Å².